The maximum atomic E-state index is 5.86. The fourth-order valence-electron chi connectivity index (χ4n) is 2.93. The van der Waals surface area contributed by atoms with Crippen molar-refractivity contribution in [3.8, 4) is 0 Å². The van der Waals surface area contributed by atoms with Crippen molar-refractivity contribution in [1.82, 2.24) is 14.9 Å². The normalized spacial score (nSPS) is 28.0. The van der Waals surface area contributed by atoms with E-state index < -0.39 is 0 Å². The second-order valence-electron chi connectivity index (χ2n) is 5.77. The van der Waals surface area contributed by atoms with Crippen LogP contribution in [0.3, 0.4) is 0 Å². The molecule has 5 nitrogen and oxygen atoms in total. The predicted molar refractivity (Wildman–Crippen MR) is 69.6 cm³/mol. The van der Waals surface area contributed by atoms with E-state index >= 15 is 0 Å². The van der Waals surface area contributed by atoms with Gasteiger partial charge >= 0.3 is 0 Å². The number of aromatic amines is 1. The molecule has 2 aliphatic heterocycles. The molecule has 0 bridgehead atoms. The SMILES string of the molecule is CN1CCCC(c2cnc(C3(CN)COC3)[nH]2)C1. The number of ether oxygens (including phenoxy) is 1. The Hall–Kier alpha value is -0.910. The molecule has 5 heteroatoms. The van der Waals surface area contributed by atoms with Crippen LogP contribution < -0.4 is 5.73 Å². The van der Waals surface area contributed by atoms with Gasteiger partial charge in [-0.25, -0.2) is 4.98 Å². The summed E-state index contributed by atoms with van der Waals surface area (Å²) in [7, 11) is 2.19. The molecule has 0 saturated carbocycles. The van der Waals surface area contributed by atoms with Crippen LogP contribution in [0.2, 0.25) is 0 Å². The molecule has 1 aromatic rings. The Morgan fingerprint density at radius 1 is 1.61 bits per heavy atom. The lowest BCUT2D eigenvalue weighted by molar-refractivity contribution is -0.0590. The summed E-state index contributed by atoms with van der Waals surface area (Å²) in [6.07, 6.45) is 4.51. The topological polar surface area (TPSA) is 67.2 Å². The number of rotatable bonds is 3. The zero-order valence-electron chi connectivity index (χ0n) is 11.0. The van der Waals surface area contributed by atoms with Crippen molar-refractivity contribution in [2.45, 2.75) is 24.2 Å². The second kappa shape index (κ2) is 4.64. The molecule has 1 atom stereocenters. The Morgan fingerprint density at radius 2 is 2.44 bits per heavy atom. The molecule has 18 heavy (non-hydrogen) atoms. The molecule has 2 saturated heterocycles. The van der Waals surface area contributed by atoms with E-state index in [2.05, 4.69) is 21.9 Å². The van der Waals surface area contributed by atoms with Crippen LogP contribution in [-0.4, -0.2) is 54.8 Å². The maximum absolute atomic E-state index is 5.86. The number of imidazole rings is 1. The Bertz CT molecular complexity index is 407. The standard InChI is InChI=1S/C13H22N4O/c1-17-4-2-3-10(6-17)11-5-15-12(16-11)13(7-14)8-18-9-13/h5,10H,2-4,6-9,14H2,1H3,(H,15,16). The third kappa shape index (κ3) is 1.96. The number of likely N-dealkylation sites (tertiary alicyclic amines) is 1. The quantitative estimate of drug-likeness (QED) is 0.817. The third-order valence-corrected chi connectivity index (χ3v) is 4.31. The van der Waals surface area contributed by atoms with Crippen LogP contribution in [0.1, 0.15) is 30.3 Å². The molecule has 0 amide bonds. The molecule has 0 spiro atoms. The molecule has 3 N–H and O–H groups in total. The first-order chi connectivity index (χ1) is 8.73. The molecular formula is C13H22N4O. The van der Waals surface area contributed by atoms with Crippen molar-refractivity contribution in [1.29, 1.82) is 0 Å². The molecule has 1 unspecified atom stereocenters. The first-order valence-corrected chi connectivity index (χ1v) is 6.75. The van der Waals surface area contributed by atoms with Gasteiger partial charge in [-0.2, -0.15) is 0 Å². The Morgan fingerprint density at radius 3 is 3.06 bits per heavy atom. The molecule has 0 radical (unpaired) electrons. The highest BCUT2D eigenvalue weighted by Gasteiger charge is 2.42. The van der Waals surface area contributed by atoms with Crippen molar-refractivity contribution >= 4 is 0 Å². The van der Waals surface area contributed by atoms with Crippen LogP contribution in [0.4, 0.5) is 0 Å². The first-order valence-electron chi connectivity index (χ1n) is 6.75. The Balaban J connectivity index is 1.76. The lowest BCUT2D eigenvalue weighted by atomic mass is 9.85. The molecule has 0 aliphatic carbocycles. The fourth-order valence-corrected chi connectivity index (χ4v) is 2.93. The summed E-state index contributed by atoms with van der Waals surface area (Å²) in [4.78, 5) is 10.4. The molecule has 2 aliphatic rings. The van der Waals surface area contributed by atoms with Gasteiger partial charge in [0.05, 0.1) is 18.6 Å². The maximum Gasteiger partial charge on any atom is 0.118 e. The van der Waals surface area contributed by atoms with Crippen LogP contribution in [-0.2, 0) is 10.2 Å². The van der Waals surface area contributed by atoms with E-state index in [1.807, 2.05) is 6.20 Å². The van der Waals surface area contributed by atoms with Gasteiger partial charge in [0.25, 0.3) is 0 Å². The molecule has 2 fully saturated rings. The van der Waals surface area contributed by atoms with Crippen LogP contribution in [0, 0.1) is 0 Å². The van der Waals surface area contributed by atoms with E-state index in [0.29, 0.717) is 25.7 Å². The largest absolute Gasteiger partial charge is 0.379 e. The minimum atomic E-state index is -0.0567. The van der Waals surface area contributed by atoms with E-state index in [-0.39, 0.29) is 5.41 Å². The number of hydrogen-bond acceptors (Lipinski definition) is 4. The Kier molecular flexibility index (Phi) is 3.13. The van der Waals surface area contributed by atoms with Gasteiger partial charge in [0.15, 0.2) is 0 Å². The smallest absolute Gasteiger partial charge is 0.118 e. The van der Waals surface area contributed by atoms with Crippen molar-refractivity contribution in [2.24, 2.45) is 5.73 Å². The van der Waals surface area contributed by atoms with Gasteiger partial charge in [-0.1, -0.05) is 0 Å². The number of piperidine rings is 1. The second-order valence-corrected chi connectivity index (χ2v) is 5.77. The number of nitrogens with zero attached hydrogens (tertiary/aromatic N) is 2. The number of likely N-dealkylation sites (N-methyl/N-ethyl adjacent to an activating group) is 1. The van der Waals surface area contributed by atoms with Crippen LogP contribution >= 0.6 is 0 Å². The monoisotopic (exact) mass is 250 g/mol. The van der Waals surface area contributed by atoms with Crippen molar-refractivity contribution < 1.29 is 4.74 Å². The number of nitrogens with one attached hydrogen (secondary N) is 1. The minimum absolute atomic E-state index is 0.0567. The summed E-state index contributed by atoms with van der Waals surface area (Å²) in [6, 6.07) is 0. The molecule has 100 valence electrons. The van der Waals surface area contributed by atoms with E-state index in [9.17, 15) is 0 Å². The van der Waals surface area contributed by atoms with Crippen LogP contribution in [0.5, 0.6) is 0 Å². The lowest BCUT2D eigenvalue weighted by Gasteiger charge is -2.38. The highest BCUT2D eigenvalue weighted by atomic mass is 16.5. The van der Waals surface area contributed by atoms with E-state index in [4.69, 9.17) is 10.5 Å². The van der Waals surface area contributed by atoms with Gasteiger partial charge in [-0.3, -0.25) is 0 Å². The summed E-state index contributed by atoms with van der Waals surface area (Å²) in [5, 5.41) is 0. The Labute approximate surface area is 108 Å². The molecule has 3 rings (SSSR count). The summed E-state index contributed by atoms with van der Waals surface area (Å²) in [6.45, 7) is 4.32. The summed E-state index contributed by atoms with van der Waals surface area (Å²) in [5.41, 5.74) is 7.07. The summed E-state index contributed by atoms with van der Waals surface area (Å²) < 4.78 is 5.31. The van der Waals surface area contributed by atoms with Gasteiger partial charge < -0.3 is 20.4 Å². The lowest BCUT2D eigenvalue weighted by Crippen LogP contribution is -2.53. The molecular weight excluding hydrogens is 228 g/mol. The van der Waals surface area contributed by atoms with Crippen LogP contribution in [0.15, 0.2) is 6.20 Å². The van der Waals surface area contributed by atoms with E-state index in [0.717, 1.165) is 12.4 Å². The zero-order valence-corrected chi connectivity index (χ0v) is 11.0. The molecule has 1 aromatic heterocycles. The minimum Gasteiger partial charge on any atom is -0.379 e. The zero-order chi connectivity index (χ0) is 12.6. The van der Waals surface area contributed by atoms with Crippen molar-refractivity contribution in [3.63, 3.8) is 0 Å². The average Bonchev–Trinajstić information content (AvgIpc) is 2.78. The number of H-pyrrole nitrogens is 1. The molecule has 3 heterocycles. The third-order valence-electron chi connectivity index (χ3n) is 4.31. The average molecular weight is 250 g/mol. The van der Waals surface area contributed by atoms with Crippen molar-refractivity contribution in [2.75, 3.05) is 39.9 Å². The van der Waals surface area contributed by atoms with Gasteiger partial charge in [-0.15, -0.1) is 0 Å². The van der Waals surface area contributed by atoms with Gasteiger partial charge in [0.2, 0.25) is 0 Å². The van der Waals surface area contributed by atoms with E-state index in [1.54, 1.807) is 0 Å². The van der Waals surface area contributed by atoms with E-state index in [1.165, 1.54) is 25.1 Å². The molecule has 0 aromatic carbocycles. The predicted octanol–water partition coefficient (Wildman–Crippen LogP) is 0.446. The first kappa shape index (κ1) is 12.1. The number of hydrogen-bond donors (Lipinski definition) is 2. The highest BCUT2D eigenvalue weighted by molar-refractivity contribution is 5.19. The number of nitrogens with two attached hydrogens (primary N) is 1. The van der Waals surface area contributed by atoms with Gasteiger partial charge in [0.1, 0.15) is 5.82 Å². The summed E-state index contributed by atoms with van der Waals surface area (Å²) >= 11 is 0. The van der Waals surface area contributed by atoms with Gasteiger partial charge in [0, 0.05) is 30.9 Å². The van der Waals surface area contributed by atoms with Gasteiger partial charge in [-0.05, 0) is 26.4 Å². The number of aromatic nitrogens is 2. The van der Waals surface area contributed by atoms with Crippen molar-refractivity contribution in [3.05, 3.63) is 17.7 Å². The van der Waals surface area contributed by atoms with Crippen LogP contribution in [0.25, 0.3) is 0 Å². The fraction of sp³-hybridized carbons (Fsp3) is 0.769. The summed E-state index contributed by atoms with van der Waals surface area (Å²) in [5.74, 6) is 1.60. The highest BCUT2D eigenvalue weighted by Crippen LogP contribution is 2.31.